The molecule has 0 spiro atoms. The molecule has 0 aliphatic heterocycles. The molecule has 1 aromatic heterocycles. The Hall–Kier alpha value is -3.33. The molecule has 1 N–H and O–H groups in total. The number of aryl methyl sites for hydroxylation is 2. The van der Waals surface area contributed by atoms with Crippen LogP contribution in [0.25, 0.3) is 0 Å². The van der Waals surface area contributed by atoms with Crippen molar-refractivity contribution in [3.05, 3.63) is 76.5 Å². The van der Waals surface area contributed by atoms with E-state index in [-0.39, 0.29) is 11.4 Å². The van der Waals surface area contributed by atoms with Crippen molar-refractivity contribution in [2.24, 2.45) is 0 Å². The largest absolute Gasteiger partial charge is 0.497 e. The molecule has 152 valence electrons. The average Bonchev–Trinajstić information content (AvgIpc) is 3.05. The standard InChI is InChI=1S/C20H21N3O5S/c1-14-7-8-18(11-15(14)2)29(26,27)23-10-9-22(20(23)25)13-19(24)21-16-5-4-6-17(12-16)28-3/h4-12H,13H2,1-3H3,(H,21,24). The molecule has 0 aliphatic carbocycles. The molecule has 0 aliphatic rings. The molecule has 3 rings (SSSR count). The third kappa shape index (κ3) is 4.24. The Morgan fingerprint density at radius 3 is 2.52 bits per heavy atom. The van der Waals surface area contributed by atoms with Crippen molar-refractivity contribution >= 4 is 21.6 Å². The van der Waals surface area contributed by atoms with E-state index < -0.39 is 21.6 Å². The lowest BCUT2D eigenvalue weighted by atomic mass is 10.1. The number of hydrogen-bond donors (Lipinski definition) is 1. The summed E-state index contributed by atoms with van der Waals surface area (Å²) in [5.74, 6) is 0.104. The lowest BCUT2D eigenvalue weighted by molar-refractivity contribution is -0.116. The fraction of sp³-hybridized carbons (Fsp3) is 0.200. The fourth-order valence-corrected chi connectivity index (χ4v) is 4.06. The number of anilines is 1. The average molecular weight is 415 g/mol. The van der Waals surface area contributed by atoms with E-state index in [1.165, 1.54) is 25.4 Å². The van der Waals surface area contributed by atoms with E-state index in [0.29, 0.717) is 15.4 Å². The number of methoxy groups -OCH3 is 1. The molecule has 0 saturated carbocycles. The minimum absolute atomic E-state index is 0.0151. The second-order valence-electron chi connectivity index (χ2n) is 6.54. The number of rotatable bonds is 6. The van der Waals surface area contributed by atoms with E-state index in [1.807, 2.05) is 6.92 Å². The van der Waals surface area contributed by atoms with Gasteiger partial charge in [0.05, 0.1) is 12.0 Å². The first-order valence-corrected chi connectivity index (χ1v) is 10.2. The molecule has 9 heteroatoms. The number of ether oxygens (including phenoxy) is 1. The normalized spacial score (nSPS) is 11.3. The first-order valence-electron chi connectivity index (χ1n) is 8.77. The molecule has 29 heavy (non-hydrogen) atoms. The van der Waals surface area contributed by atoms with Crippen LogP contribution in [-0.4, -0.2) is 30.0 Å². The minimum Gasteiger partial charge on any atom is -0.497 e. The van der Waals surface area contributed by atoms with Crippen LogP contribution in [0.5, 0.6) is 5.75 Å². The van der Waals surface area contributed by atoms with Crippen molar-refractivity contribution in [3.8, 4) is 5.75 Å². The Morgan fingerprint density at radius 1 is 1.07 bits per heavy atom. The van der Waals surface area contributed by atoms with Gasteiger partial charge >= 0.3 is 5.69 Å². The van der Waals surface area contributed by atoms with Crippen molar-refractivity contribution in [1.29, 1.82) is 0 Å². The minimum atomic E-state index is -4.06. The van der Waals surface area contributed by atoms with Crippen molar-refractivity contribution in [2.75, 3.05) is 12.4 Å². The van der Waals surface area contributed by atoms with E-state index in [9.17, 15) is 18.0 Å². The molecule has 8 nitrogen and oxygen atoms in total. The van der Waals surface area contributed by atoms with Gasteiger partial charge in [-0.25, -0.2) is 13.2 Å². The molecular weight excluding hydrogens is 394 g/mol. The maximum atomic E-state index is 12.8. The summed E-state index contributed by atoms with van der Waals surface area (Å²) >= 11 is 0. The van der Waals surface area contributed by atoms with Gasteiger partial charge in [0.25, 0.3) is 10.0 Å². The predicted octanol–water partition coefficient (Wildman–Crippen LogP) is 2.15. The highest BCUT2D eigenvalue weighted by atomic mass is 32.2. The van der Waals surface area contributed by atoms with E-state index in [0.717, 1.165) is 21.9 Å². The van der Waals surface area contributed by atoms with Crippen LogP contribution in [0, 0.1) is 13.8 Å². The highest BCUT2D eigenvalue weighted by Crippen LogP contribution is 2.18. The Kier molecular flexibility index (Phi) is 5.60. The smallest absolute Gasteiger partial charge is 0.342 e. The van der Waals surface area contributed by atoms with Crippen LogP contribution in [0.1, 0.15) is 11.1 Å². The maximum Gasteiger partial charge on any atom is 0.342 e. The van der Waals surface area contributed by atoms with E-state index in [1.54, 1.807) is 37.3 Å². The molecule has 0 saturated heterocycles. The summed E-state index contributed by atoms with van der Waals surface area (Å²) in [6.45, 7) is 3.34. The van der Waals surface area contributed by atoms with Crippen molar-refractivity contribution in [3.63, 3.8) is 0 Å². The Morgan fingerprint density at radius 2 is 1.83 bits per heavy atom. The fourth-order valence-electron chi connectivity index (χ4n) is 2.74. The second-order valence-corrected chi connectivity index (χ2v) is 8.35. The van der Waals surface area contributed by atoms with Gasteiger partial charge in [-0.1, -0.05) is 12.1 Å². The molecule has 0 bridgehead atoms. The Bertz CT molecular complexity index is 1220. The number of carbonyl (C=O) groups is 1. The molecule has 0 fully saturated rings. The molecule has 0 radical (unpaired) electrons. The second kappa shape index (κ2) is 7.96. The van der Waals surface area contributed by atoms with Gasteiger partial charge in [-0.15, -0.1) is 0 Å². The predicted molar refractivity (Wildman–Crippen MR) is 109 cm³/mol. The SMILES string of the molecule is COc1cccc(NC(=O)Cn2ccn(S(=O)(=O)c3ccc(C)c(C)c3)c2=O)c1. The molecular formula is C20H21N3O5S. The van der Waals surface area contributed by atoms with Gasteiger partial charge in [-0.2, -0.15) is 3.97 Å². The summed E-state index contributed by atoms with van der Waals surface area (Å²) in [5, 5.41) is 2.65. The van der Waals surface area contributed by atoms with Crippen molar-refractivity contribution in [2.45, 2.75) is 25.3 Å². The quantitative estimate of drug-likeness (QED) is 0.665. The molecule has 0 unspecified atom stereocenters. The third-order valence-corrected chi connectivity index (χ3v) is 6.16. The van der Waals surface area contributed by atoms with Crippen LogP contribution in [0.2, 0.25) is 0 Å². The van der Waals surface area contributed by atoms with E-state index in [4.69, 9.17) is 4.74 Å². The summed E-state index contributed by atoms with van der Waals surface area (Å²) in [5.41, 5.74) is 1.44. The first-order chi connectivity index (χ1) is 13.7. The molecule has 1 amide bonds. The van der Waals surface area contributed by atoms with Crippen LogP contribution in [0.15, 0.2) is 64.5 Å². The zero-order chi connectivity index (χ0) is 21.2. The van der Waals surface area contributed by atoms with E-state index >= 15 is 0 Å². The number of hydrogen-bond acceptors (Lipinski definition) is 5. The van der Waals surface area contributed by atoms with Gasteiger partial charge in [-0.3, -0.25) is 9.36 Å². The Labute approximate surface area is 168 Å². The van der Waals surface area contributed by atoms with Crippen LogP contribution in [-0.2, 0) is 21.4 Å². The number of aromatic nitrogens is 2. The van der Waals surface area contributed by atoms with Crippen LogP contribution < -0.4 is 15.7 Å². The number of imidazole rings is 1. The monoisotopic (exact) mass is 415 g/mol. The highest BCUT2D eigenvalue weighted by molar-refractivity contribution is 7.90. The third-order valence-electron chi connectivity index (χ3n) is 4.52. The number of amides is 1. The van der Waals surface area contributed by atoms with Gasteiger partial charge in [0.2, 0.25) is 5.91 Å². The van der Waals surface area contributed by atoms with E-state index in [2.05, 4.69) is 5.32 Å². The summed E-state index contributed by atoms with van der Waals surface area (Å²) in [4.78, 5) is 24.9. The zero-order valence-corrected chi connectivity index (χ0v) is 17.1. The number of carbonyl (C=O) groups excluding carboxylic acids is 1. The number of nitrogens with one attached hydrogen (secondary N) is 1. The van der Waals surface area contributed by atoms with Crippen molar-refractivity contribution < 1.29 is 17.9 Å². The van der Waals surface area contributed by atoms with Gasteiger partial charge < -0.3 is 10.1 Å². The molecule has 3 aromatic rings. The summed E-state index contributed by atoms with van der Waals surface area (Å²) in [6.07, 6.45) is 2.41. The Balaban J connectivity index is 1.82. The molecule has 1 heterocycles. The summed E-state index contributed by atoms with van der Waals surface area (Å²) in [6, 6.07) is 11.4. The van der Waals surface area contributed by atoms with Crippen molar-refractivity contribution in [1.82, 2.24) is 8.54 Å². The summed E-state index contributed by atoms with van der Waals surface area (Å²) in [7, 11) is -2.54. The van der Waals surface area contributed by atoms with Gasteiger partial charge in [0.1, 0.15) is 12.3 Å². The van der Waals surface area contributed by atoms with Crippen LogP contribution in [0.3, 0.4) is 0 Å². The zero-order valence-electron chi connectivity index (χ0n) is 16.2. The van der Waals surface area contributed by atoms with Gasteiger partial charge in [0, 0.05) is 24.1 Å². The lowest BCUT2D eigenvalue weighted by Gasteiger charge is -2.08. The first kappa shape index (κ1) is 20.4. The summed E-state index contributed by atoms with van der Waals surface area (Å²) < 4.78 is 32.4. The topological polar surface area (TPSA) is 99.4 Å². The molecule has 0 atom stereocenters. The highest BCUT2D eigenvalue weighted by Gasteiger charge is 2.21. The van der Waals surface area contributed by atoms with Crippen LogP contribution in [0.4, 0.5) is 5.69 Å². The maximum absolute atomic E-state index is 12.8. The van der Waals surface area contributed by atoms with Gasteiger partial charge in [0.15, 0.2) is 0 Å². The lowest BCUT2D eigenvalue weighted by Crippen LogP contribution is -2.32. The number of nitrogens with zero attached hydrogens (tertiary/aromatic N) is 2. The molecule has 2 aromatic carbocycles. The van der Waals surface area contributed by atoms with Crippen LogP contribution >= 0.6 is 0 Å². The van der Waals surface area contributed by atoms with Gasteiger partial charge in [-0.05, 0) is 49.2 Å². The number of benzene rings is 2.